The maximum Gasteiger partial charge on any atom is 0.328 e. The fourth-order valence-corrected chi connectivity index (χ4v) is 1.79. The minimum absolute atomic E-state index is 0.0185. The number of amides is 1. The molecule has 1 amide bonds. The number of halogens is 1. The van der Waals surface area contributed by atoms with Crippen molar-refractivity contribution in [2.24, 2.45) is 0 Å². The van der Waals surface area contributed by atoms with E-state index < -0.39 is 17.8 Å². The number of anilines is 1. The lowest BCUT2D eigenvalue weighted by Crippen LogP contribution is -2.57. The van der Waals surface area contributed by atoms with E-state index in [1.807, 2.05) is 0 Å². The molecule has 0 saturated carbocycles. The predicted octanol–water partition coefficient (Wildman–Crippen LogP) is 0.215. The number of rotatable bonds is 2. The quantitative estimate of drug-likeness (QED) is 0.773. The van der Waals surface area contributed by atoms with Gasteiger partial charge in [-0.25, -0.2) is 9.18 Å². The Morgan fingerprint density at radius 2 is 2.29 bits per heavy atom. The van der Waals surface area contributed by atoms with Crippen molar-refractivity contribution < 1.29 is 19.1 Å². The summed E-state index contributed by atoms with van der Waals surface area (Å²) in [7, 11) is 0. The number of hydrogen-bond donors (Lipinski definition) is 2. The van der Waals surface area contributed by atoms with Crippen molar-refractivity contribution in [2.75, 3.05) is 18.0 Å². The number of carbonyl (C=O) groups is 2. The van der Waals surface area contributed by atoms with E-state index in [0.717, 1.165) is 0 Å². The SMILES string of the molecule is O=C1CN(c2cccc(F)c2)C(C(=O)O)CN1. The van der Waals surface area contributed by atoms with Crippen LogP contribution in [0.5, 0.6) is 0 Å². The first-order valence-electron chi connectivity index (χ1n) is 5.09. The molecule has 0 bridgehead atoms. The van der Waals surface area contributed by atoms with Crippen molar-refractivity contribution in [2.45, 2.75) is 6.04 Å². The van der Waals surface area contributed by atoms with E-state index in [2.05, 4.69) is 5.32 Å². The zero-order valence-corrected chi connectivity index (χ0v) is 8.89. The van der Waals surface area contributed by atoms with E-state index in [-0.39, 0.29) is 19.0 Å². The molecule has 1 atom stereocenters. The van der Waals surface area contributed by atoms with Gasteiger partial charge in [0.25, 0.3) is 0 Å². The Bertz CT molecular complexity index is 464. The highest BCUT2D eigenvalue weighted by atomic mass is 19.1. The Morgan fingerprint density at radius 3 is 2.94 bits per heavy atom. The molecule has 2 rings (SSSR count). The van der Waals surface area contributed by atoms with Gasteiger partial charge in [-0.3, -0.25) is 4.79 Å². The van der Waals surface area contributed by atoms with Crippen LogP contribution in [0.4, 0.5) is 10.1 Å². The van der Waals surface area contributed by atoms with Gasteiger partial charge < -0.3 is 15.3 Å². The summed E-state index contributed by atoms with van der Waals surface area (Å²) in [5.74, 6) is -1.78. The van der Waals surface area contributed by atoms with E-state index in [1.165, 1.54) is 23.1 Å². The van der Waals surface area contributed by atoms with E-state index in [1.54, 1.807) is 6.07 Å². The topological polar surface area (TPSA) is 69.6 Å². The molecule has 90 valence electrons. The lowest BCUT2D eigenvalue weighted by Gasteiger charge is -2.34. The normalized spacial score (nSPS) is 19.9. The largest absolute Gasteiger partial charge is 0.480 e. The van der Waals surface area contributed by atoms with Crippen molar-refractivity contribution >= 4 is 17.6 Å². The second-order valence-corrected chi connectivity index (χ2v) is 3.77. The van der Waals surface area contributed by atoms with Crippen LogP contribution in [0.25, 0.3) is 0 Å². The molecular weight excluding hydrogens is 227 g/mol. The van der Waals surface area contributed by atoms with Gasteiger partial charge in [-0.15, -0.1) is 0 Å². The number of benzene rings is 1. The Labute approximate surface area is 96.8 Å². The summed E-state index contributed by atoms with van der Waals surface area (Å²) < 4.78 is 13.1. The summed E-state index contributed by atoms with van der Waals surface area (Å²) >= 11 is 0. The van der Waals surface area contributed by atoms with Gasteiger partial charge in [0.2, 0.25) is 5.91 Å². The van der Waals surface area contributed by atoms with Gasteiger partial charge in [-0.1, -0.05) is 6.07 Å². The van der Waals surface area contributed by atoms with Crippen molar-refractivity contribution in [3.05, 3.63) is 30.1 Å². The number of carbonyl (C=O) groups excluding carboxylic acids is 1. The van der Waals surface area contributed by atoms with Crippen LogP contribution in [0.3, 0.4) is 0 Å². The molecule has 0 radical (unpaired) electrons. The van der Waals surface area contributed by atoms with Crippen LogP contribution in [0.1, 0.15) is 0 Å². The number of carboxylic acid groups (broad SMARTS) is 1. The first-order valence-corrected chi connectivity index (χ1v) is 5.09. The molecule has 1 heterocycles. The Hall–Kier alpha value is -2.11. The molecule has 1 fully saturated rings. The number of aliphatic carboxylic acids is 1. The Kier molecular flexibility index (Phi) is 2.95. The molecule has 0 aromatic heterocycles. The standard InChI is InChI=1S/C11H11FN2O3/c12-7-2-1-3-8(4-7)14-6-10(15)13-5-9(14)11(16)17/h1-4,9H,5-6H2,(H,13,15)(H,16,17). The smallest absolute Gasteiger partial charge is 0.328 e. The average molecular weight is 238 g/mol. The zero-order valence-electron chi connectivity index (χ0n) is 8.89. The molecule has 1 aromatic rings. The third-order valence-electron chi connectivity index (χ3n) is 2.61. The Balaban J connectivity index is 2.32. The van der Waals surface area contributed by atoms with E-state index in [4.69, 9.17) is 5.11 Å². The van der Waals surface area contributed by atoms with Crippen LogP contribution in [-0.2, 0) is 9.59 Å². The number of nitrogens with one attached hydrogen (secondary N) is 1. The molecule has 2 N–H and O–H groups in total. The highest BCUT2D eigenvalue weighted by Crippen LogP contribution is 2.19. The lowest BCUT2D eigenvalue weighted by molar-refractivity contribution is -0.139. The first-order chi connectivity index (χ1) is 8.08. The molecule has 0 spiro atoms. The molecule has 1 aromatic carbocycles. The maximum absolute atomic E-state index is 13.1. The van der Waals surface area contributed by atoms with Crippen LogP contribution >= 0.6 is 0 Å². The summed E-state index contributed by atoms with van der Waals surface area (Å²) in [5, 5.41) is 11.5. The van der Waals surface area contributed by atoms with Crippen molar-refractivity contribution in [3.8, 4) is 0 Å². The van der Waals surface area contributed by atoms with Gasteiger partial charge in [0.1, 0.15) is 11.9 Å². The van der Waals surface area contributed by atoms with E-state index >= 15 is 0 Å². The summed E-state index contributed by atoms with van der Waals surface area (Å²) in [6.07, 6.45) is 0. The highest BCUT2D eigenvalue weighted by molar-refractivity contribution is 5.89. The fraction of sp³-hybridized carbons (Fsp3) is 0.273. The molecule has 17 heavy (non-hydrogen) atoms. The lowest BCUT2D eigenvalue weighted by atomic mass is 10.1. The first kappa shape index (κ1) is 11.4. The molecule has 5 nitrogen and oxygen atoms in total. The molecule has 1 unspecified atom stereocenters. The van der Waals surface area contributed by atoms with Gasteiger partial charge >= 0.3 is 5.97 Å². The summed E-state index contributed by atoms with van der Waals surface area (Å²) in [5.41, 5.74) is 0.396. The van der Waals surface area contributed by atoms with Crippen LogP contribution in [0, 0.1) is 5.82 Å². The van der Waals surface area contributed by atoms with Gasteiger partial charge in [-0.05, 0) is 18.2 Å². The van der Waals surface area contributed by atoms with E-state index in [9.17, 15) is 14.0 Å². The van der Waals surface area contributed by atoms with Gasteiger partial charge in [0.05, 0.1) is 6.54 Å². The van der Waals surface area contributed by atoms with Gasteiger partial charge in [-0.2, -0.15) is 0 Å². The minimum Gasteiger partial charge on any atom is -0.480 e. The molecule has 1 saturated heterocycles. The minimum atomic E-state index is -1.05. The van der Waals surface area contributed by atoms with Crippen molar-refractivity contribution in [1.82, 2.24) is 5.32 Å². The maximum atomic E-state index is 13.1. The number of carboxylic acids is 1. The second-order valence-electron chi connectivity index (χ2n) is 3.77. The summed E-state index contributed by atoms with van der Waals surface area (Å²) in [4.78, 5) is 23.7. The van der Waals surface area contributed by atoms with E-state index in [0.29, 0.717) is 5.69 Å². The second kappa shape index (κ2) is 4.40. The summed E-state index contributed by atoms with van der Waals surface area (Å²) in [6, 6.07) is 4.68. The predicted molar refractivity (Wildman–Crippen MR) is 58.2 cm³/mol. The van der Waals surface area contributed by atoms with Gasteiger partial charge in [0.15, 0.2) is 0 Å². The van der Waals surface area contributed by atoms with Crippen LogP contribution in [0.2, 0.25) is 0 Å². The van der Waals surface area contributed by atoms with Crippen LogP contribution in [0.15, 0.2) is 24.3 Å². The third-order valence-corrected chi connectivity index (χ3v) is 2.61. The molecule has 0 aliphatic carbocycles. The third kappa shape index (κ3) is 2.35. The van der Waals surface area contributed by atoms with Gasteiger partial charge in [0, 0.05) is 12.2 Å². The Morgan fingerprint density at radius 1 is 1.53 bits per heavy atom. The summed E-state index contributed by atoms with van der Waals surface area (Å²) in [6.45, 7) is -0.0644. The fourth-order valence-electron chi connectivity index (χ4n) is 1.79. The highest BCUT2D eigenvalue weighted by Gasteiger charge is 2.32. The number of nitrogens with zero attached hydrogens (tertiary/aromatic N) is 1. The number of hydrogen-bond acceptors (Lipinski definition) is 3. The zero-order chi connectivity index (χ0) is 12.4. The average Bonchev–Trinajstić information content (AvgIpc) is 2.28. The van der Waals surface area contributed by atoms with Crippen molar-refractivity contribution in [3.63, 3.8) is 0 Å². The van der Waals surface area contributed by atoms with Crippen LogP contribution < -0.4 is 10.2 Å². The molecular formula is C11H11FN2O3. The molecule has 1 aliphatic rings. The molecule has 6 heteroatoms. The number of piperazine rings is 1. The monoisotopic (exact) mass is 238 g/mol. The van der Waals surface area contributed by atoms with Crippen molar-refractivity contribution in [1.29, 1.82) is 0 Å². The molecule has 1 aliphatic heterocycles. The van der Waals surface area contributed by atoms with Crippen LogP contribution in [-0.4, -0.2) is 36.1 Å².